The quantitative estimate of drug-likeness (QED) is 0.844. The van der Waals surface area contributed by atoms with Gasteiger partial charge in [-0.1, -0.05) is 6.07 Å². The lowest BCUT2D eigenvalue weighted by Crippen LogP contribution is -2.28. The Hall–Kier alpha value is -1.22. The summed E-state index contributed by atoms with van der Waals surface area (Å²) in [5.41, 5.74) is 2.16. The summed E-state index contributed by atoms with van der Waals surface area (Å²) < 4.78 is 5.19. The van der Waals surface area contributed by atoms with Crippen molar-refractivity contribution >= 4 is 0 Å². The number of phenolic OH excluding ortho intramolecular Hbond substituents is 1. The zero-order chi connectivity index (χ0) is 12.3. The Morgan fingerprint density at radius 2 is 2.06 bits per heavy atom. The number of benzene rings is 1. The van der Waals surface area contributed by atoms with Crippen molar-refractivity contribution in [3.8, 4) is 11.5 Å². The van der Waals surface area contributed by atoms with Crippen LogP contribution in [0, 0.1) is 12.8 Å². The third kappa shape index (κ3) is 2.91. The molecule has 3 heteroatoms. The van der Waals surface area contributed by atoms with Crippen LogP contribution in [0.25, 0.3) is 0 Å². The van der Waals surface area contributed by atoms with E-state index in [0.29, 0.717) is 17.4 Å². The molecule has 1 saturated heterocycles. The SMILES string of the molecule is COc1cc(C)cc(CC2CCNCC2)c1O. The highest BCUT2D eigenvalue weighted by Gasteiger charge is 2.17. The molecule has 1 aliphatic heterocycles. The normalized spacial score (nSPS) is 17.1. The lowest BCUT2D eigenvalue weighted by Gasteiger charge is -2.23. The van der Waals surface area contributed by atoms with Crippen LogP contribution >= 0.6 is 0 Å². The van der Waals surface area contributed by atoms with E-state index in [1.807, 2.05) is 13.0 Å². The molecule has 0 unspecified atom stereocenters. The first-order chi connectivity index (χ1) is 8.20. The van der Waals surface area contributed by atoms with Crippen molar-refractivity contribution in [2.45, 2.75) is 26.2 Å². The summed E-state index contributed by atoms with van der Waals surface area (Å²) in [6, 6.07) is 3.95. The number of rotatable bonds is 3. The van der Waals surface area contributed by atoms with Crippen LogP contribution < -0.4 is 10.1 Å². The number of piperidine rings is 1. The van der Waals surface area contributed by atoms with Crippen LogP contribution in [0.1, 0.15) is 24.0 Å². The summed E-state index contributed by atoms with van der Waals surface area (Å²) in [6.07, 6.45) is 3.33. The number of ether oxygens (including phenoxy) is 1. The van der Waals surface area contributed by atoms with Crippen molar-refractivity contribution < 1.29 is 9.84 Å². The summed E-state index contributed by atoms with van der Waals surface area (Å²) in [5, 5.41) is 13.5. The van der Waals surface area contributed by atoms with Crippen LogP contribution in [0.5, 0.6) is 11.5 Å². The number of nitrogens with one attached hydrogen (secondary N) is 1. The molecule has 2 rings (SSSR count). The molecule has 1 aromatic rings. The molecule has 0 aliphatic carbocycles. The fraction of sp³-hybridized carbons (Fsp3) is 0.571. The first-order valence-electron chi connectivity index (χ1n) is 6.28. The van der Waals surface area contributed by atoms with Crippen molar-refractivity contribution in [2.75, 3.05) is 20.2 Å². The summed E-state index contributed by atoms with van der Waals surface area (Å²) in [4.78, 5) is 0. The van der Waals surface area contributed by atoms with Crippen molar-refractivity contribution in [3.05, 3.63) is 23.3 Å². The van der Waals surface area contributed by atoms with Gasteiger partial charge >= 0.3 is 0 Å². The monoisotopic (exact) mass is 235 g/mol. The molecule has 0 radical (unpaired) electrons. The maximum Gasteiger partial charge on any atom is 0.161 e. The molecule has 17 heavy (non-hydrogen) atoms. The molecule has 0 saturated carbocycles. The van der Waals surface area contributed by atoms with Gasteiger partial charge in [-0.3, -0.25) is 0 Å². The minimum absolute atomic E-state index is 0.316. The standard InChI is InChI=1S/C14H21NO2/c1-10-7-12(14(16)13(8-10)17-2)9-11-3-5-15-6-4-11/h7-8,11,15-16H,3-6,9H2,1-2H3. The van der Waals surface area contributed by atoms with E-state index in [4.69, 9.17) is 4.74 Å². The molecule has 3 nitrogen and oxygen atoms in total. The largest absolute Gasteiger partial charge is 0.504 e. The van der Waals surface area contributed by atoms with E-state index in [-0.39, 0.29) is 0 Å². The van der Waals surface area contributed by atoms with E-state index >= 15 is 0 Å². The van der Waals surface area contributed by atoms with E-state index in [9.17, 15) is 5.11 Å². The number of aromatic hydroxyl groups is 1. The van der Waals surface area contributed by atoms with Gasteiger partial charge in [-0.15, -0.1) is 0 Å². The Bertz CT molecular complexity index is 384. The first kappa shape index (κ1) is 12.2. The Morgan fingerprint density at radius 1 is 1.35 bits per heavy atom. The maximum absolute atomic E-state index is 10.1. The van der Waals surface area contributed by atoms with Crippen molar-refractivity contribution in [3.63, 3.8) is 0 Å². The van der Waals surface area contributed by atoms with Crippen LogP contribution in [0.4, 0.5) is 0 Å². The van der Waals surface area contributed by atoms with E-state index in [1.54, 1.807) is 7.11 Å². The highest BCUT2D eigenvalue weighted by atomic mass is 16.5. The molecular weight excluding hydrogens is 214 g/mol. The van der Waals surface area contributed by atoms with E-state index in [0.717, 1.165) is 30.6 Å². The summed E-state index contributed by atoms with van der Waals surface area (Å²) >= 11 is 0. The molecular formula is C14H21NO2. The zero-order valence-electron chi connectivity index (χ0n) is 10.6. The van der Waals surface area contributed by atoms with Gasteiger partial charge in [-0.05, 0) is 62.4 Å². The van der Waals surface area contributed by atoms with Gasteiger partial charge in [0.05, 0.1) is 7.11 Å². The predicted molar refractivity (Wildman–Crippen MR) is 68.7 cm³/mol. The molecule has 1 aromatic carbocycles. The number of hydrogen-bond acceptors (Lipinski definition) is 3. The number of phenols is 1. The fourth-order valence-electron chi connectivity index (χ4n) is 2.53. The second kappa shape index (κ2) is 5.41. The number of aryl methyl sites for hydroxylation is 1. The molecule has 2 N–H and O–H groups in total. The molecule has 94 valence electrons. The van der Waals surface area contributed by atoms with Crippen LogP contribution in [0.3, 0.4) is 0 Å². The van der Waals surface area contributed by atoms with Crippen molar-refractivity contribution in [1.82, 2.24) is 5.32 Å². The summed E-state index contributed by atoms with van der Waals surface area (Å²) in [6.45, 7) is 4.22. The Kier molecular flexibility index (Phi) is 3.89. The molecule has 1 heterocycles. The molecule has 1 aliphatic rings. The lowest BCUT2D eigenvalue weighted by molar-refractivity contribution is 0.352. The van der Waals surface area contributed by atoms with Crippen LogP contribution in [0.2, 0.25) is 0 Å². The molecule has 1 fully saturated rings. The third-order valence-electron chi connectivity index (χ3n) is 3.49. The average molecular weight is 235 g/mol. The average Bonchev–Trinajstić information content (AvgIpc) is 2.34. The second-order valence-corrected chi connectivity index (χ2v) is 4.87. The summed E-state index contributed by atoms with van der Waals surface area (Å²) in [7, 11) is 1.60. The van der Waals surface area contributed by atoms with Crippen LogP contribution in [-0.2, 0) is 6.42 Å². The molecule has 0 spiro atoms. The van der Waals surface area contributed by atoms with Gasteiger partial charge in [-0.2, -0.15) is 0 Å². The topological polar surface area (TPSA) is 41.5 Å². The Morgan fingerprint density at radius 3 is 2.71 bits per heavy atom. The lowest BCUT2D eigenvalue weighted by atomic mass is 9.90. The van der Waals surface area contributed by atoms with Crippen molar-refractivity contribution in [1.29, 1.82) is 0 Å². The molecule has 0 bridgehead atoms. The van der Waals surface area contributed by atoms with Gasteiger partial charge in [0, 0.05) is 0 Å². The Balaban J connectivity index is 2.16. The first-order valence-corrected chi connectivity index (χ1v) is 6.28. The minimum atomic E-state index is 0.316. The van der Waals surface area contributed by atoms with Crippen molar-refractivity contribution in [2.24, 2.45) is 5.92 Å². The molecule has 0 aromatic heterocycles. The predicted octanol–water partition coefficient (Wildman–Crippen LogP) is 2.25. The second-order valence-electron chi connectivity index (χ2n) is 4.87. The Labute approximate surface area is 103 Å². The minimum Gasteiger partial charge on any atom is -0.504 e. The van der Waals surface area contributed by atoms with E-state index in [1.165, 1.54) is 12.8 Å². The van der Waals surface area contributed by atoms with Gasteiger partial charge in [0.1, 0.15) is 0 Å². The van der Waals surface area contributed by atoms with E-state index in [2.05, 4.69) is 11.4 Å². The smallest absolute Gasteiger partial charge is 0.161 e. The van der Waals surface area contributed by atoms with E-state index < -0.39 is 0 Å². The molecule has 0 atom stereocenters. The highest BCUT2D eigenvalue weighted by Crippen LogP contribution is 2.33. The van der Waals surface area contributed by atoms with Gasteiger partial charge in [0.2, 0.25) is 0 Å². The number of hydrogen-bond donors (Lipinski definition) is 2. The zero-order valence-corrected chi connectivity index (χ0v) is 10.6. The summed E-state index contributed by atoms with van der Waals surface area (Å²) in [5.74, 6) is 1.58. The highest BCUT2D eigenvalue weighted by molar-refractivity contribution is 5.48. The van der Waals surface area contributed by atoms with Gasteiger partial charge in [0.15, 0.2) is 11.5 Å². The van der Waals surface area contributed by atoms with Crippen LogP contribution in [-0.4, -0.2) is 25.3 Å². The fourth-order valence-corrected chi connectivity index (χ4v) is 2.53. The van der Waals surface area contributed by atoms with Gasteiger partial charge in [0.25, 0.3) is 0 Å². The maximum atomic E-state index is 10.1. The van der Waals surface area contributed by atoms with Gasteiger partial charge in [-0.25, -0.2) is 0 Å². The number of methoxy groups -OCH3 is 1. The van der Waals surface area contributed by atoms with Crippen LogP contribution in [0.15, 0.2) is 12.1 Å². The molecule has 0 amide bonds. The third-order valence-corrected chi connectivity index (χ3v) is 3.49. The van der Waals surface area contributed by atoms with Gasteiger partial charge < -0.3 is 15.2 Å².